The quantitative estimate of drug-likeness (QED) is 0.260. The molecule has 3 rings (SSSR count). The summed E-state index contributed by atoms with van der Waals surface area (Å²) in [7, 11) is 0. The van der Waals surface area contributed by atoms with E-state index >= 15 is 0 Å². The van der Waals surface area contributed by atoms with E-state index in [-0.39, 0.29) is 25.2 Å². The van der Waals surface area contributed by atoms with Gasteiger partial charge in [0.2, 0.25) is 17.7 Å². The number of rotatable bonds is 13. The lowest BCUT2D eigenvalue weighted by Crippen LogP contribution is -2.56. The minimum atomic E-state index is -0.923. The van der Waals surface area contributed by atoms with E-state index in [1.54, 1.807) is 11.3 Å². The maximum absolute atomic E-state index is 13.2. The van der Waals surface area contributed by atoms with Gasteiger partial charge in [0.05, 0.1) is 28.2 Å². The molecule has 1 aliphatic heterocycles. The average molecular weight is 587 g/mol. The van der Waals surface area contributed by atoms with Crippen LogP contribution in [0.2, 0.25) is 0 Å². The lowest BCUT2D eigenvalue weighted by molar-refractivity contribution is -0.138. The van der Waals surface area contributed by atoms with Gasteiger partial charge in [-0.15, -0.1) is 11.3 Å². The van der Waals surface area contributed by atoms with E-state index in [9.17, 15) is 24.3 Å². The molecule has 1 aromatic carbocycles. The molecule has 3 atom stereocenters. The number of carbonyl (C=O) groups excluding carboxylic acids is 3. The van der Waals surface area contributed by atoms with Gasteiger partial charge >= 0.3 is 5.97 Å². The lowest BCUT2D eigenvalue weighted by Gasteiger charge is -2.31. The van der Waals surface area contributed by atoms with Gasteiger partial charge in [-0.3, -0.25) is 29.4 Å². The highest BCUT2D eigenvalue weighted by atomic mass is 32.1. The van der Waals surface area contributed by atoms with Crippen LogP contribution >= 0.6 is 11.3 Å². The van der Waals surface area contributed by atoms with Crippen molar-refractivity contribution in [3.8, 4) is 10.4 Å². The minimum Gasteiger partial charge on any atom is -0.481 e. The van der Waals surface area contributed by atoms with Gasteiger partial charge in [-0.2, -0.15) is 0 Å². The van der Waals surface area contributed by atoms with Crippen LogP contribution < -0.4 is 10.6 Å². The Kier molecular flexibility index (Phi) is 11.6. The standard InChI is InChI=1S/C30H42N4O6S/c1-19-26(41-18-31-19)21-13-11-20(12-14-21)16-34-17-22(35)15-23(34)28(39)33-29(40)27(30(2,3)4)32-24(36)9-7-5-6-8-10-25(37)38/h11-14,18,22-23,27,35H,5-10,15-17H2,1-4H3,(H,32,36)(H,37,38)(H,33,39,40). The topological polar surface area (TPSA) is 149 Å². The molecule has 0 aliphatic carbocycles. The Morgan fingerprint density at radius 2 is 1.73 bits per heavy atom. The first-order chi connectivity index (χ1) is 19.3. The molecule has 11 heteroatoms. The third-order valence-corrected chi connectivity index (χ3v) is 8.23. The number of aliphatic hydroxyl groups excluding tert-OH is 1. The molecule has 1 aromatic heterocycles. The second kappa shape index (κ2) is 14.7. The van der Waals surface area contributed by atoms with Crippen molar-refractivity contribution in [2.45, 2.75) is 97.4 Å². The number of aliphatic carboxylic acids is 1. The average Bonchev–Trinajstić information content (AvgIpc) is 3.49. The summed E-state index contributed by atoms with van der Waals surface area (Å²) in [6.45, 7) is 8.18. The number of carbonyl (C=O) groups is 4. The molecule has 1 saturated heterocycles. The number of imide groups is 1. The van der Waals surface area contributed by atoms with Gasteiger partial charge in [0.1, 0.15) is 6.04 Å². The fourth-order valence-electron chi connectivity index (χ4n) is 5.00. The number of β-amino-alcohol motifs (C(OH)–C–C–N with tert-alkyl or cyclic N) is 1. The Hall–Kier alpha value is -3.15. The summed E-state index contributed by atoms with van der Waals surface area (Å²) >= 11 is 1.58. The van der Waals surface area contributed by atoms with E-state index in [1.807, 2.05) is 62.4 Å². The molecule has 224 valence electrons. The first kappa shape index (κ1) is 32.4. The highest BCUT2D eigenvalue weighted by Gasteiger charge is 2.39. The number of aliphatic hydroxyl groups is 1. The van der Waals surface area contributed by atoms with Crippen molar-refractivity contribution in [2.75, 3.05) is 6.54 Å². The summed E-state index contributed by atoms with van der Waals surface area (Å²) in [6, 6.07) is 6.43. The van der Waals surface area contributed by atoms with Gasteiger partial charge in [-0.05, 0) is 42.7 Å². The summed E-state index contributed by atoms with van der Waals surface area (Å²) in [6.07, 6.45) is 2.45. The van der Waals surface area contributed by atoms with Crippen molar-refractivity contribution in [2.24, 2.45) is 5.41 Å². The van der Waals surface area contributed by atoms with Crippen LogP contribution in [0.5, 0.6) is 0 Å². The number of nitrogens with one attached hydrogen (secondary N) is 2. The van der Waals surface area contributed by atoms with Crippen molar-refractivity contribution in [3.05, 3.63) is 41.0 Å². The summed E-state index contributed by atoms with van der Waals surface area (Å²) in [4.78, 5) is 56.9. The number of carboxylic acid groups (broad SMARTS) is 1. The Bertz CT molecular complexity index is 1210. The summed E-state index contributed by atoms with van der Waals surface area (Å²) in [5.41, 5.74) is 4.21. The zero-order valence-corrected chi connectivity index (χ0v) is 25.1. The molecule has 10 nitrogen and oxygen atoms in total. The minimum absolute atomic E-state index is 0.113. The van der Waals surface area contributed by atoms with E-state index in [1.165, 1.54) is 0 Å². The van der Waals surface area contributed by atoms with Crippen molar-refractivity contribution < 1.29 is 29.4 Å². The van der Waals surface area contributed by atoms with Gasteiger partial charge < -0.3 is 15.5 Å². The number of thiazole rings is 1. The van der Waals surface area contributed by atoms with Crippen molar-refractivity contribution in [1.82, 2.24) is 20.5 Å². The smallest absolute Gasteiger partial charge is 0.303 e. The number of hydrogen-bond acceptors (Lipinski definition) is 8. The first-order valence-corrected chi connectivity index (χ1v) is 15.0. The van der Waals surface area contributed by atoms with Crippen LogP contribution in [0.3, 0.4) is 0 Å². The maximum atomic E-state index is 13.2. The zero-order chi connectivity index (χ0) is 30.2. The number of nitrogens with zero attached hydrogens (tertiary/aromatic N) is 2. The molecule has 0 bridgehead atoms. The Morgan fingerprint density at radius 3 is 2.32 bits per heavy atom. The summed E-state index contributed by atoms with van der Waals surface area (Å²) in [5.74, 6) is -2.20. The van der Waals surface area contributed by atoms with Crippen molar-refractivity contribution in [3.63, 3.8) is 0 Å². The molecule has 0 spiro atoms. The number of hydrogen-bond donors (Lipinski definition) is 4. The van der Waals surface area contributed by atoms with Crippen LogP contribution in [-0.2, 0) is 25.7 Å². The van der Waals surface area contributed by atoms with Crippen LogP contribution in [-0.4, -0.2) is 68.5 Å². The van der Waals surface area contributed by atoms with Gasteiger partial charge in [0.15, 0.2) is 0 Å². The van der Waals surface area contributed by atoms with Crippen LogP contribution in [0.4, 0.5) is 0 Å². The zero-order valence-electron chi connectivity index (χ0n) is 24.3. The number of aryl methyl sites for hydroxylation is 1. The molecule has 3 unspecified atom stereocenters. The number of aromatic nitrogens is 1. The Labute approximate surface area is 245 Å². The second-order valence-corrected chi connectivity index (χ2v) is 12.7. The van der Waals surface area contributed by atoms with Crippen LogP contribution in [0.15, 0.2) is 29.8 Å². The predicted octanol–water partition coefficient (Wildman–Crippen LogP) is 3.65. The van der Waals surface area contributed by atoms with E-state index in [0.717, 1.165) is 34.5 Å². The largest absolute Gasteiger partial charge is 0.481 e. The summed E-state index contributed by atoms with van der Waals surface area (Å²) < 4.78 is 0. The van der Waals surface area contributed by atoms with E-state index in [0.29, 0.717) is 25.9 Å². The Morgan fingerprint density at radius 1 is 1.07 bits per heavy atom. The number of carboxylic acids is 1. The second-order valence-electron chi connectivity index (χ2n) is 11.8. The maximum Gasteiger partial charge on any atom is 0.303 e. The third-order valence-electron chi connectivity index (χ3n) is 7.26. The van der Waals surface area contributed by atoms with Crippen LogP contribution in [0.1, 0.15) is 77.0 Å². The lowest BCUT2D eigenvalue weighted by atomic mass is 9.86. The molecule has 1 aliphatic rings. The number of likely N-dealkylation sites (tertiary alicyclic amines) is 1. The molecule has 41 heavy (non-hydrogen) atoms. The van der Waals surface area contributed by atoms with Gasteiger partial charge in [-0.1, -0.05) is 57.9 Å². The number of amides is 3. The molecule has 1 fully saturated rings. The fraction of sp³-hybridized carbons (Fsp3) is 0.567. The van der Waals surface area contributed by atoms with E-state index in [2.05, 4.69) is 15.6 Å². The van der Waals surface area contributed by atoms with Crippen molar-refractivity contribution >= 4 is 35.0 Å². The van der Waals surface area contributed by atoms with Gasteiger partial charge in [-0.25, -0.2) is 4.98 Å². The molecule has 4 N–H and O–H groups in total. The molecular weight excluding hydrogens is 544 g/mol. The molecule has 0 saturated carbocycles. The Balaban J connectivity index is 1.56. The van der Waals surface area contributed by atoms with Crippen LogP contribution in [0, 0.1) is 12.3 Å². The molecular formula is C30H42N4O6S. The predicted molar refractivity (Wildman–Crippen MR) is 157 cm³/mol. The number of unbranched alkanes of at least 4 members (excludes halogenated alkanes) is 3. The van der Waals surface area contributed by atoms with E-state index in [4.69, 9.17) is 5.11 Å². The molecule has 2 aromatic rings. The fourth-order valence-corrected chi connectivity index (χ4v) is 5.81. The SMILES string of the molecule is Cc1ncsc1-c1ccc(CN2CC(O)CC2C(=O)NC(=O)C(NC(=O)CCCCCCC(=O)O)C(C)(C)C)cc1. The van der Waals surface area contributed by atoms with Gasteiger partial charge in [0, 0.05) is 25.9 Å². The third kappa shape index (κ3) is 9.72. The van der Waals surface area contributed by atoms with Gasteiger partial charge in [0.25, 0.3) is 0 Å². The highest BCUT2D eigenvalue weighted by molar-refractivity contribution is 7.13. The molecule has 3 amide bonds. The monoisotopic (exact) mass is 586 g/mol. The normalized spacial score (nSPS) is 18.2. The first-order valence-electron chi connectivity index (χ1n) is 14.1. The molecule has 2 heterocycles. The number of benzene rings is 1. The molecule has 0 radical (unpaired) electrons. The van der Waals surface area contributed by atoms with E-state index < -0.39 is 41.4 Å². The van der Waals surface area contributed by atoms with Crippen molar-refractivity contribution in [1.29, 1.82) is 0 Å². The van der Waals surface area contributed by atoms with Crippen LogP contribution in [0.25, 0.3) is 10.4 Å². The summed E-state index contributed by atoms with van der Waals surface area (Å²) in [5, 5.41) is 24.3. The highest BCUT2D eigenvalue weighted by Crippen LogP contribution is 2.28.